The molecule has 5 aliphatic rings. The Balaban J connectivity index is 1.48. The zero-order chi connectivity index (χ0) is 37.7. The molecule has 3 saturated carbocycles. The quantitative estimate of drug-likeness (QED) is 0.247. The van der Waals surface area contributed by atoms with Crippen molar-refractivity contribution < 1.29 is 24.2 Å². The number of aliphatic carboxylic acids is 1. The van der Waals surface area contributed by atoms with Crippen LogP contribution in [0.15, 0.2) is 18.0 Å². The molecular weight excluding hydrogens is 642 g/mol. The molecule has 1 aromatic rings. The number of carboxylic acid groups (broad SMARTS) is 1. The molecule has 1 aliphatic heterocycles. The van der Waals surface area contributed by atoms with Gasteiger partial charge in [-0.2, -0.15) is 5.10 Å². The maximum absolute atomic E-state index is 13.5. The molecule has 4 fully saturated rings. The summed E-state index contributed by atoms with van der Waals surface area (Å²) in [6.45, 7) is 26.0. The summed E-state index contributed by atoms with van der Waals surface area (Å²) >= 11 is 0. The van der Waals surface area contributed by atoms with Gasteiger partial charge in [0.25, 0.3) is 5.91 Å². The highest BCUT2D eigenvalue weighted by Gasteiger charge is 2.72. The van der Waals surface area contributed by atoms with Crippen LogP contribution in [0.1, 0.15) is 131 Å². The average Bonchev–Trinajstić information content (AvgIpc) is 3.53. The summed E-state index contributed by atoms with van der Waals surface area (Å²) < 4.78 is 15.6. The first kappa shape index (κ1) is 38.4. The Morgan fingerprint density at radius 3 is 2.39 bits per heavy atom. The molecule has 0 unspecified atom stereocenters. The van der Waals surface area contributed by atoms with Gasteiger partial charge in [0.2, 0.25) is 5.82 Å². The zero-order valence-electron chi connectivity index (χ0n) is 33.6. The third kappa shape index (κ3) is 5.33. The second-order valence-electron chi connectivity index (χ2n) is 20.1. The standard InChI is InChI=1S/C41H67N5O5/c1-24(2)25(3)36(7)17-18-38(9)26-13-14-29-37(8)20-50-22-41(29,27(26)15-16-39(38,10)30(36)34(48)49)19-28(46-32(33(47)43-12)44-23-45-46)31(37)51-21-40(11,42)35(4,5)6/h15,23-26,28-31H,13-14,16-22,42H2,1-12H3,(H,43,47)(H,48,49)/t25-,26+,28-,29+,30-,31+,36-,37-,38-,39+,40+,41+/m1/s1. The van der Waals surface area contributed by atoms with Gasteiger partial charge in [-0.3, -0.25) is 9.59 Å². The monoisotopic (exact) mass is 710 g/mol. The number of carbonyl (C=O) groups is 2. The van der Waals surface area contributed by atoms with Gasteiger partial charge in [0.15, 0.2) is 0 Å². The van der Waals surface area contributed by atoms with Crippen molar-refractivity contribution in [1.29, 1.82) is 0 Å². The number of allylic oxidation sites excluding steroid dienone is 1. The molecule has 4 N–H and O–H groups in total. The van der Waals surface area contributed by atoms with E-state index in [4.69, 9.17) is 20.3 Å². The van der Waals surface area contributed by atoms with E-state index in [-0.39, 0.29) is 63.3 Å². The number of hydrogen-bond acceptors (Lipinski definition) is 7. The van der Waals surface area contributed by atoms with Gasteiger partial charge >= 0.3 is 5.97 Å². The lowest BCUT2D eigenvalue weighted by Gasteiger charge is -2.71. The van der Waals surface area contributed by atoms with E-state index in [1.807, 2.05) is 4.68 Å². The van der Waals surface area contributed by atoms with Crippen molar-refractivity contribution in [2.24, 2.45) is 67.8 Å². The van der Waals surface area contributed by atoms with Crippen LogP contribution in [-0.4, -0.2) is 70.3 Å². The van der Waals surface area contributed by atoms with E-state index in [2.05, 4.69) is 92.5 Å². The fraction of sp³-hybridized carbons (Fsp3) is 0.854. The minimum absolute atomic E-state index is 0.193. The maximum Gasteiger partial charge on any atom is 0.307 e. The molecule has 4 aliphatic carbocycles. The van der Waals surface area contributed by atoms with E-state index in [9.17, 15) is 14.7 Å². The second-order valence-corrected chi connectivity index (χ2v) is 20.1. The van der Waals surface area contributed by atoms with Crippen LogP contribution in [0.4, 0.5) is 0 Å². The van der Waals surface area contributed by atoms with Crippen LogP contribution in [0.5, 0.6) is 0 Å². The van der Waals surface area contributed by atoms with Gasteiger partial charge in [-0.25, -0.2) is 9.67 Å². The molecule has 1 saturated heterocycles. The van der Waals surface area contributed by atoms with Gasteiger partial charge in [0.1, 0.15) is 6.33 Å². The Morgan fingerprint density at radius 1 is 1.10 bits per heavy atom. The fourth-order valence-corrected chi connectivity index (χ4v) is 12.4. The van der Waals surface area contributed by atoms with Gasteiger partial charge in [0, 0.05) is 23.4 Å². The molecule has 12 atom stereocenters. The molecule has 6 rings (SSSR count). The summed E-state index contributed by atoms with van der Waals surface area (Å²) in [6, 6.07) is -0.283. The Labute approximate surface area is 306 Å². The summed E-state index contributed by atoms with van der Waals surface area (Å²) in [6.07, 6.45) is 8.98. The number of fused-ring (bicyclic) bond motifs is 3. The predicted molar refractivity (Wildman–Crippen MR) is 198 cm³/mol. The maximum atomic E-state index is 13.5. The number of rotatable bonds is 8. The van der Waals surface area contributed by atoms with Crippen molar-refractivity contribution in [1.82, 2.24) is 20.1 Å². The summed E-state index contributed by atoms with van der Waals surface area (Å²) in [7, 11) is 1.62. The van der Waals surface area contributed by atoms with Gasteiger partial charge < -0.3 is 25.6 Å². The molecule has 0 radical (unpaired) electrons. The van der Waals surface area contributed by atoms with Gasteiger partial charge in [-0.05, 0) is 90.8 Å². The number of ether oxygens (including phenoxy) is 2. The van der Waals surface area contributed by atoms with E-state index >= 15 is 0 Å². The van der Waals surface area contributed by atoms with E-state index in [1.165, 1.54) is 11.9 Å². The highest BCUT2D eigenvalue weighted by atomic mass is 16.5. The molecule has 51 heavy (non-hydrogen) atoms. The van der Waals surface area contributed by atoms with E-state index < -0.39 is 28.3 Å². The molecule has 1 aromatic heterocycles. The number of aromatic nitrogens is 3. The van der Waals surface area contributed by atoms with Crippen molar-refractivity contribution in [2.45, 2.75) is 132 Å². The third-order valence-corrected chi connectivity index (χ3v) is 16.7. The number of carbonyl (C=O) groups excluding carboxylic acids is 1. The molecule has 0 spiro atoms. The largest absolute Gasteiger partial charge is 0.481 e. The number of carboxylic acids is 1. The Hall–Kier alpha value is -2.30. The first-order valence-electron chi connectivity index (χ1n) is 19.6. The number of nitrogens with zero attached hydrogens (tertiary/aromatic N) is 3. The van der Waals surface area contributed by atoms with Crippen LogP contribution in [0.2, 0.25) is 0 Å². The van der Waals surface area contributed by atoms with Crippen molar-refractivity contribution in [3.05, 3.63) is 23.8 Å². The molecule has 10 nitrogen and oxygen atoms in total. The van der Waals surface area contributed by atoms with Crippen molar-refractivity contribution in [2.75, 3.05) is 26.9 Å². The van der Waals surface area contributed by atoms with Crippen molar-refractivity contribution >= 4 is 11.9 Å². The molecule has 1 amide bonds. The highest BCUT2D eigenvalue weighted by Crippen LogP contribution is 2.75. The van der Waals surface area contributed by atoms with Gasteiger partial charge in [-0.15, -0.1) is 0 Å². The Kier molecular flexibility index (Phi) is 9.32. The first-order valence-corrected chi connectivity index (χ1v) is 19.6. The smallest absolute Gasteiger partial charge is 0.307 e. The lowest BCUT2D eigenvalue weighted by atomic mass is 9.34. The van der Waals surface area contributed by atoms with Crippen molar-refractivity contribution in [3.63, 3.8) is 0 Å². The molecular formula is C41H67N5O5. The van der Waals surface area contributed by atoms with Crippen molar-refractivity contribution in [3.8, 4) is 0 Å². The summed E-state index contributed by atoms with van der Waals surface area (Å²) in [5.74, 6) is 0.107. The average molecular weight is 710 g/mol. The van der Waals surface area contributed by atoms with Crippen LogP contribution in [-0.2, 0) is 14.3 Å². The topological polar surface area (TPSA) is 142 Å². The molecule has 10 heteroatoms. The van der Waals surface area contributed by atoms with Crippen LogP contribution >= 0.6 is 0 Å². The molecule has 2 heterocycles. The lowest BCUT2D eigenvalue weighted by molar-refractivity contribution is -0.253. The highest BCUT2D eigenvalue weighted by molar-refractivity contribution is 5.90. The van der Waals surface area contributed by atoms with E-state index in [0.717, 1.165) is 32.1 Å². The van der Waals surface area contributed by atoms with E-state index in [0.29, 0.717) is 32.2 Å². The molecule has 286 valence electrons. The fourth-order valence-electron chi connectivity index (χ4n) is 12.4. The summed E-state index contributed by atoms with van der Waals surface area (Å²) in [4.78, 5) is 31.2. The summed E-state index contributed by atoms with van der Waals surface area (Å²) in [5, 5.41) is 18.6. The Bertz CT molecular complexity index is 1560. The van der Waals surface area contributed by atoms with Crippen LogP contribution in [0, 0.1) is 62.1 Å². The van der Waals surface area contributed by atoms with Crippen LogP contribution < -0.4 is 11.1 Å². The number of amides is 1. The molecule has 2 bridgehead atoms. The zero-order valence-corrected chi connectivity index (χ0v) is 33.6. The van der Waals surface area contributed by atoms with Gasteiger partial charge in [-0.1, -0.05) is 80.9 Å². The minimum Gasteiger partial charge on any atom is -0.481 e. The lowest BCUT2D eigenvalue weighted by Crippen LogP contribution is -2.69. The summed E-state index contributed by atoms with van der Waals surface area (Å²) in [5.41, 5.74) is 5.98. The normalized spacial score (nSPS) is 42.5. The minimum atomic E-state index is -0.650. The number of nitrogens with one attached hydrogen (secondary N) is 1. The third-order valence-electron chi connectivity index (χ3n) is 16.7. The second kappa shape index (κ2) is 12.4. The predicted octanol–water partition coefficient (Wildman–Crippen LogP) is 6.92. The number of hydrogen-bond donors (Lipinski definition) is 3. The van der Waals surface area contributed by atoms with Gasteiger partial charge in [0.05, 0.1) is 37.9 Å². The van der Waals surface area contributed by atoms with E-state index in [1.54, 1.807) is 7.05 Å². The van der Waals surface area contributed by atoms with Crippen LogP contribution in [0.25, 0.3) is 0 Å². The van der Waals surface area contributed by atoms with Crippen LogP contribution in [0.3, 0.4) is 0 Å². The first-order chi connectivity index (χ1) is 23.6. The Morgan fingerprint density at radius 2 is 1.78 bits per heavy atom. The molecule has 0 aromatic carbocycles. The number of nitrogens with two attached hydrogens (primary N) is 1. The SMILES string of the molecule is CNC(=O)c1ncnn1[C@@H]1C[C@@]23COC[C@](C)([C@@H]2CC[C@H]2C3=CC[C@@]3(C)[C@H](C(=O)O)[C@@](C)([C@H](C)C(C)C)CC[C@]23C)[C@H]1OC[C@](C)(N)C(C)(C)C.